The fraction of sp³-hybridized carbons (Fsp3) is 0.176. The monoisotopic (exact) mass is 279 g/mol. The molecule has 21 heavy (non-hydrogen) atoms. The van der Waals surface area contributed by atoms with Crippen LogP contribution in [0.4, 0.5) is 11.4 Å². The molecule has 2 aromatic carbocycles. The highest BCUT2D eigenvalue weighted by Crippen LogP contribution is 2.13. The zero-order chi connectivity index (χ0) is 15.2. The van der Waals surface area contributed by atoms with Gasteiger partial charge in [0.2, 0.25) is 5.91 Å². The maximum atomic E-state index is 12.1. The third-order valence-corrected chi connectivity index (χ3v) is 3.08. The highest BCUT2D eigenvalue weighted by atomic mass is 16.2. The molecule has 0 aliphatic heterocycles. The zero-order valence-corrected chi connectivity index (χ0v) is 12.1. The summed E-state index contributed by atoms with van der Waals surface area (Å²) in [6, 6.07) is 16.3. The van der Waals surface area contributed by atoms with Crippen LogP contribution in [0.25, 0.3) is 0 Å². The molecule has 106 valence electrons. The number of nitrogens with zero attached hydrogens (tertiary/aromatic N) is 1. The number of aryl methyl sites for hydroxylation is 1. The highest BCUT2D eigenvalue weighted by Gasteiger charge is 2.12. The number of hydrogen-bond acceptors (Lipinski definition) is 3. The smallest absolute Gasteiger partial charge is 0.246 e. The standard InChI is InChI=1S/C17H17N3O/c1-12-4-3-5-16(10-12)19-13(2)17(21)20-15-8-6-14(11-18)7-9-15/h3-10,13,19H,1-2H3,(H,20,21)/t13-/m0/s1. The number of nitriles is 1. The normalized spacial score (nSPS) is 11.3. The number of hydrogen-bond donors (Lipinski definition) is 2. The minimum Gasteiger partial charge on any atom is -0.374 e. The Morgan fingerprint density at radius 1 is 1.14 bits per heavy atom. The Bertz CT molecular complexity index is 671. The summed E-state index contributed by atoms with van der Waals surface area (Å²) in [5.41, 5.74) is 3.30. The second-order valence-corrected chi connectivity index (χ2v) is 4.91. The van der Waals surface area contributed by atoms with E-state index in [9.17, 15) is 4.79 Å². The Morgan fingerprint density at radius 2 is 1.86 bits per heavy atom. The number of anilines is 2. The molecule has 0 unspecified atom stereocenters. The third-order valence-electron chi connectivity index (χ3n) is 3.08. The van der Waals surface area contributed by atoms with Crippen LogP contribution in [0.15, 0.2) is 48.5 Å². The molecule has 0 spiro atoms. The van der Waals surface area contributed by atoms with E-state index >= 15 is 0 Å². The van der Waals surface area contributed by atoms with Crippen molar-refractivity contribution in [1.29, 1.82) is 5.26 Å². The van der Waals surface area contributed by atoms with E-state index in [2.05, 4.69) is 10.6 Å². The van der Waals surface area contributed by atoms with Crippen molar-refractivity contribution >= 4 is 17.3 Å². The maximum Gasteiger partial charge on any atom is 0.246 e. The van der Waals surface area contributed by atoms with Gasteiger partial charge in [-0.1, -0.05) is 12.1 Å². The lowest BCUT2D eigenvalue weighted by molar-refractivity contribution is -0.116. The Balaban J connectivity index is 1.97. The van der Waals surface area contributed by atoms with Crippen molar-refractivity contribution in [3.05, 3.63) is 59.7 Å². The van der Waals surface area contributed by atoms with Gasteiger partial charge >= 0.3 is 0 Å². The molecule has 0 aromatic heterocycles. The molecule has 1 atom stereocenters. The van der Waals surface area contributed by atoms with Crippen molar-refractivity contribution in [1.82, 2.24) is 0 Å². The number of benzene rings is 2. The molecule has 0 saturated carbocycles. The zero-order valence-electron chi connectivity index (χ0n) is 12.1. The largest absolute Gasteiger partial charge is 0.374 e. The summed E-state index contributed by atoms with van der Waals surface area (Å²) in [5.74, 6) is -0.124. The molecule has 1 amide bonds. The lowest BCUT2D eigenvalue weighted by atomic mass is 10.2. The lowest BCUT2D eigenvalue weighted by Crippen LogP contribution is -2.31. The molecule has 0 fully saturated rings. The van der Waals surface area contributed by atoms with Crippen molar-refractivity contribution in [3.63, 3.8) is 0 Å². The van der Waals surface area contributed by atoms with Crippen LogP contribution in [-0.2, 0) is 4.79 Å². The van der Waals surface area contributed by atoms with E-state index in [0.29, 0.717) is 11.3 Å². The van der Waals surface area contributed by atoms with Gasteiger partial charge in [-0.05, 0) is 55.8 Å². The number of amides is 1. The molecule has 0 bridgehead atoms. The van der Waals surface area contributed by atoms with Gasteiger partial charge in [0.15, 0.2) is 0 Å². The van der Waals surface area contributed by atoms with Crippen molar-refractivity contribution in [3.8, 4) is 6.07 Å². The molecule has 2 rings (SSSR count). The third kappa shape index (κ3) is 4.08. The summed E-state index contributed by atoms with van der Waals surface area (Å²) in [4.78, 5) is 12.1. The summed E-state index contributed by atoms with van der Waals surface area (Å²) in [5, 5.41) is 14.7. The second-order valence-electron chi connectivity index (χ2n) is 4.91. The van der Waals surface area contributed by atoms with Crippen LogP contribution in [0, 0.1) is 18.3 Å². The topological polar surface area (TPSA) is 64.9 Å². The molecule has 2 N–H and O–H groups in total. The van der Waals surface area contributed by atoms with Crippen LogP contribution >= 0.6 is 0 Å². The van der Waals surface area contributed by atoms with Crippen LogP contribution in [0.2, 0.25) is 0 Å². The molecule has 0 aliphatic rings. The van der Waals surface area contributed by atoms with E-state index in [-0.39, 0.29) is 11.9 Å². The van der Waals surface area contributed by atoms with Crippen LogP contribution in [-0.4, -0.2) is 11.9 Å². The first-order chi connectivity index (χ1) is 10.1. The van der Waals surface area contributed by atoms with Crippen molar-refractivity contribution < 1.29 is 4.79 Å². The fourth-order valence-corrected chi connectivity index (χ4v) is 1.93. The van der Waals surface area contributed by atoms with Gasteiger partial charge in [-0.25, -0.2) is 0 Å². The van der Waals surface area contributed by atoms with Crippen LogP contribution in [0.1, 0.15) is 18.1 Å². The number of rotatable bonds is 4. The van der Waals surface area contributed by atoms with Crippen LogP contribution in [0.5, 0.6) is 0 Å². The first-order valence-electron chi connectivity index (χ1n) is 6.73. The van der Waals surface area contributed by atoms with E-state index in [1.165, 1.54) is 0 Å². The van der Waals surface area contributed by atoms with Gasteiger partial charge in [0.1, 0.15) is 6.04 Å². The maximum absolute atomic E-state index is 12.1. The van der Waals surface area contributed by atoms with E-state index in [4.69, 9.17) is 5.26 Å². The van der Waals surface area contributed by atoms with Gasteiger partial charge in [0, 0.05) is 11.4 Å². The van der Waals surface area contributed by atoms with Crippen molar-refractivity contribution in [2.24, 2.45) is 0 Å². The molecule has 0 heterocycles. The predicted molar refractivity (Wildman–Crippen MR) is 84.1 cm³/mol. The highest BCUT2D eigenvalue weighted by molar-refractivity contribution is 5.96. The molecular weight excluding hydrogens is 262 g/mol. The van der Waals surface area contributed by atoms with Gasteiger partial charge in [-0.2, -0.15) is 5.26 Å². The van der Waals surface area contributed by atoms with Gasteiger partial charge in [0.05, 0.1) is 11.6 Å². The molecule has 0 aliphatic carbocycles. The van der Waals surface area contributed by atoms with Crippen LogP contribution in [0.3, 0.4) is 0 Å². The molecule has 0 saturated heterocycles. The summed E-state index contributed by atoms with van der Waals surface area (Å²) in [6.45, 7) is 3.81. The minimum absolute atomic E-state index is 0.124. The van der Waals surface area contributed by atoms with Crippen LogP contribution < -0.4 is 10.6 Å². The van der Waals surface area contributed by atoms with Gasteiger partial charge in [-0.3, -0.25) is 4.79 Å². The first kappa shape index (κ1) is 14.6. The Kier molecular flexibility index (Phi) is 4.57. The van der Waals surface area contributed by atoms with Gasteiger partial charge in [-0.15, -0.1) is 0 Å². The Labute approximate surface area is 124 Å². The minimum atomic E-state index is -0.359. The average molecular weight is 279 g/mol. The fourth-order valence-electron chi connectivity index (χ4n) is 1.93. The van der Waals surface area contributed by atoms with Gasteiger partial charge < -0.3 is 10.6 Å². The summed E-state index contributed by atoms with van der Waals surface area (Å²) in [6.07, 6.45) is 0. The lowest BCUT2D eigenvalue weighted by Gasteiger charge is -2.15. The SMILES string of the molecule is Cc1cccc(N[C@@H](C)C(=O)Nc2ccc(C#N)cc2)c1. The predicted octanol–water partition coefficient (Wildman–Crippen LogP) is 3.31. The van der Waals surface area contributed by atoms with E-state index < -0.39 is 0 Å². The number of carbonyl (C=O) groups is 1. The van der Waals surface area contributed by atoms with Gasteiger partial charge in [0.25, 0.3) is 0 Å². The second kappa shape index (κ2) is 6.58. The first-order valence-corrected chi connectivity index (χ1v) is 6.73. The average Bonchev–Trinajstić information content (AvgIpc) is 2.48. The van der Waals surface area contributed by atoms with E-state index in [0.717, 1.165) is 11.3 Å². The number of carbonyl (C=O) groups excluding carboxylic acids is 1. The molecule has 4 nitrogen and oxygen atoms in total. The van der Waals surface area contributed by atoms with Crippen molar-refractivity contribution in [2.75, 3.05) is 10.6 Å². The van der Waals surface area contributed by atoms with E-state index in [1.807, 2.05) is 37.3 Å². The Morgan fingerprint density at radius 3 is 2.48 bits per heavy atom. The molecule has 4 heteroatoms. The van der Waals surface area contributed by atoms with E-state index in [1.54, 1.807) is 31.2 Å². The summed E-state index contributed by atoms with van der Waals surface area (Å²) in [7, 11) is 0. The molecular formula is C17H17N3O. The summed E-state index contributed by atoms with van der Waals surface area (Å²) < 4.78 is 0. The number of nitrogens with one attached hydrogen (secondary N) is 2. The molecule has 2 aromatic rings. The quantitative estimate of drug-likeness (QED) is 0.902. The summed E-state index contributed by atoms with van der Waals surface area (Å²) >= 11 is 0. The Hall–Kier alpha value is -2.80. The van der Waals surface area contributed by atoms with Crippen molar-refractivity contribution in [2.45, 2.75) is 19.9 Å². The molecule has 0 radical (unpaired) electrons.